The molecule has 1 heterocycles. The first-order chi connectivity index (χ1) is 6.72. The molecule has 1 aliphatic heterocycles. The second kappa shape index (κ2) is 6.38. The molecule has 2 N–H and O–H groups in total. The van der Waals surface area contributed by atoms with Crippen LogP contribution in [0.1, 0.15) is 32.6 Å². The minimum absolute atomic E-state index is 0.292. The molecule has 2 atom stereocenters. The zero-order valence-corrected chi connectivity index (χ0v) is 9.50. The van der Waals surface area contributed by atoms with Gasteiger partial charge in [0, 0.05) is 18.7 Å². The van der Waals surface area contributed by atoms with Crippen LogP contribution in [-0.4, -0.2) is 48.8 Å². The molecule has 1 rings (SSSR count). The van der Waals surface area contributed by atoms with Gasteiger partial charge in [-0.2, -0.15) is 0 Å². The monoisotopic (exact) mass is 200 g/mol. The van der Waals surface area contributed by atoms with Crippen molar-refractivity contribution in [1.29, 1.82) is 0 Å². The lowest BCUT2D eigenvalue weighted by atomic mass is 10.1. The van der Waals surface area contributed by atoms with Crippen LogP contribution in [0, 0.1) is 0 Å². The predicted molar refractivity (Wildman–Crippen MR) is 59.4 cm³/mol. The van der Waals surface area contributed by atoms with Gasteiger partial charge in [0.1, 0.15) is 0 Å². The van der Waals surface area contributed by atoms with Gasteiger partial charge in [-0.05, 0) is 52.7 Å². The molecule has 0 spiro atoms. The molecule has 0 aromatic rings. The van der Waals surface area contributed by atoms with E-state index in [1.165, 1.54) is 32.4 Å². The van der Waals surface area contributed by atoms with E-state index in [0.717, 1.165) is 6.42 Å². The van der Waals surface area contributed by atoms with Crippen molar-refractivity contribution in [3.8, 4) is 0 Å². The highest BCUT2D eigenvalue weighted by Crippen LogP contribution is 2.10. The van der Waals surface area contributed by atoms with Crippen molar-refractivity contribution >= 4 is 0 Å². The van der Waals surface area contributed by atoms with E-state index in [1.807, 2.05) is 0 Å². The standard InChI is InChI=1S/C11H24N2O/c1-10(6-9-14)12-11-4-3-7-13(2)8-5-11/h10-12,14H,3-9H2,1-2H3. The largest absolute Gasteiger partial charge is 0.396 e. The number of aliphatic hydroxyl groups excluding tert-OH is 1. The maximum absolute atomic E-state index is 8.82. The summed E-state index contributed by atoms with van der Waals surface area (Å²) in [5.74, 6) is 0. The molecule has 3 nitrogen and oxygen atoms in total. The first kappa shape index (κ1) is 12.0. The van der Waals surface area contributed by atoms with Crippen molar-refractivity contribution in [1.82, 2.24) is 10.2 Å². The Balaban J connectivity index is 2.22. The number of aliphatic hydroxyl groups is 1. The second-order valence-electron chi connectivity index (χ2n) is 4.51. The molecule has 2 unspecified atom stereocenters. The Morgan fingerprint density at radius 1 is 1.43 bits per heavy atom. The number of likely N-dealkylation sites (tertiary alicyclic amines) is 1. The average Bonchev–Trinajstić information content (AvgIpc) is 2.32. The van der Waals surface area contributed by atoms with E-state index in [-0.39, 0.29) is 0 Å². The molecule has 0 bridgehead atoms. The molecule has 84 valence electrons. The number of nitrogens with zero attached hydrogens (tertiary/aromatic N) is 1. The van der Waals surface area contributed by atoms with Crippen molar-refractivity contribution in [3.05, 3.63) is 0 Å². The lowest BCUT2D eigenvalue weighted by Crippen LogP contribution is -2.37. The first-order valence-electron chi connectivity index (χ1n) is 5.78. The van der Waals surface area contributed by atoms with Gasteiger partial charge < -0.3 is 15.3 Å². The van der Waals surface area contributed by atoms with Crippen LogP contribution in [0.5, 0.6) is 0 Å². The number of hydrogen-bond acceptors (Lipinski definition) is 3. The summed E-state index contributed by atoms with van der Waals surface area (Å²) in [5.41, 5.74) is 0. The summed E-state index contributed by atoms with van der Waals surface area (Å²) in [6, 6.07) is 1.11. The van der Waals surface area contributed by atoms with Gasteiger partial charge in [-0.1, -0.05) is 0 Å². The van der Waals surface area contributed by atoms with Crippen LogP contribution >= 0.6 is 0 Å². The molecule has 1 saturated heterocycles. The number of hydrogen-bond donors (Lipinski definition) is 2. The normalized spacial score (nSPS) is 27.2. The molecule has 3 heteroatoms. The van der Waals surface area contributed by atoms with Crippen molar-refractivity contribution < 1.29 is 5.11 Å². The summed E-state index contributed by atoms with van der Waals surface area (Å²) in [4.78, 5) is 2.40. The third-order valence-electron chi connectivity index (χ3n) is 3.03. The fourth-order valence-corrected chi connectivity index (χ4v) is 2.09. The van der Waals surface area contributed by atoms with E-state index >= 15 is 0 Å². The van der Waals surface area contributed by atoms with Gasteiger partial charge in [0.2, 0.25) is 0 Å². The lowest BCUT2D eigenvalue weighted by Gasteiger charge is -2.21. The van der Waals surface area contributed by atoms with E-state index in [9.17, 15) is 0 Å². The van der Waals surface area contributed by atoms with Crippen molar-refractivity contribution in [2.24, 2.45) is 0 Å². The van der Waals surface area contributed by atoms with Gasteiger partial charge in [-0.3, -0.25) is 0 Å². The van der Waals surface area contributed by atoms with Gasteiger partial charge in [0.25, 0.3) is 0 Å². The average molecular weight is 200 g/mol. The predicted octanol–water partition coefficient (Wildman–Crippen LogP) is 0.831. The summed E-state index contributed by atoms with van der Waals surface area (Å²) < 4.78 is 0. The number of rotatable bonds is 4. The maximum atomic E-state index is 8.82. The molecule has 1 aliphatic rings. The third kappa shape index (κ3) is 4.40. The van der Waals surface area contributed by atoms with Gasteiger partial charge in [-0.25, -0.2) is 0 Å². The maximum Gasteiger partial charge on any atom is 0.0445 e. The molecule has 0 aliphatic carbocycles. The molecule has 0 aromatic heterocycles. The van der Waals surface area contributed by atoms with E-state index in [1.54, 1.807) is 0 Å². The quantitative estimate of drug-likeness (QED) is 0.705. The van der Waals surface area contributed by atoms with Gasteiger partial charge in [-0.15, -0.1) is 0 Å². The van der Waals surface area contributed by atoms with E-state index in [4.69, 9.17) is 5.11 Å². The third-order valence-corrected chi connectivity index (χ3v) is 3.03. The van der Waals surface area contributed by atoms with Gasteiger partial charge >= 0.3 is 0 Å². The Morgan fingerprint density at radius 2 is 2.21 bits per heavy atom. The molecule has 0 radical (unpaired) electrons. The summed E-state index contributed by atoms with van der Waals surface area (Å²) in [5, 5.41) is 12.4. The summed E-state index contributed by atoms with van der Waals surface area (Å²) in [6.07, 6.45) is 4.68. The van der Waals surface area contributed by atoms with Crippen molar-refractivity contribution in [2.75, 3.05) is 26.7 Å². The molecular formula is C11H24N2O. The highest BCUT2D eigenvalue weighted by atomic mass is 16.3. The zero-order chi connectivity index (χ0) is 10.4. The summed E-state index contributed by atoms with van der Waals surface area (Å²) in [6.45, 7) is 4.88. The highest BCUT2D eigenvalue weighted by molar-refractivity contribution is 4.76. The fraction of sp³-hybridized carbons (Fsp3) is 1.00. The Hall–Kier alpha value is -0.120. The Bertz CT molecular complexity index is 152. The first-order valence-corrected chi connectivity index (χ1v) is 5.78. The van der Waals surface area contributed by atoms with Crippen molar-refractivity contribution in [2.45, 2.75) is 44.7 Å². The van der Waals surface area contributed by atoms with Crippen LogP contribution in [0.2, 0.25) is 0 Å². The SMILES string of the molecule is CC(CCO)NC1CCCN(C)CC1. The van der Waals surface area contributed by atoms with E-state index in [2.05, 4.69) is 24.2 Å². The Morgan fingerprint density at radius 3 is 2.93 bits per heavy atom. The van der Waals surface area contributed by atoms with E-state index in [0.29, 0.717) is 18.7 Å². The lowest BCUT2D eigenvalue weighted by molar-refractivity contribution is 0.259. The van der Waals surface area contributed by atoms with Gasteiger partial charge in [0.05, 0.1) is 0 Å². The number of nitrogens with one attached hydrogen (secondary N) is 1. The highest BCUT2D eigenvalue weighted by Gasteiger charge is 2.15. The van der Waals surface area contributed by atoms with Crippen molar-refractivity contribution in [3.63, 3.8) is 0 Å². The molecule has 14 heavy (non-hydrogen) atoms. The summed E-state index contributed by atoms with van der Waals surface area (Å²) in [7, 11) is 2.19. The summed E-state index contributed by atoms with van der Waals surface area (Å²) >= 11 is 0. The smallest absolute Gasteiger partial charge is 0.0445 e. The topological polar surface area (TPSA) is 35.5 Å². The van der Waals surface area contributed by atoms with Crippen LogP contribution in [0.15, 0.2) is 0 Å². The van der Waals surface area contributed by atoms with Crippen LogP contribution in [0.25, 0.3) is 0 Å². The van der Waals surface area contributed by atoms with E-state index < -0.39 is 0 Å². The fourth-order valence-electron chi connectivity index (χ4n) is 2.09. The Kier molecular flexibility index (Phi) is 5.45. The minimum Gasteiger partial charge on any atom is -0.396 e. The Labute approximate surface area is 87.5 Å². The zero-order valence-electron chi connectivity index (χ0n) is 9.50. The molecule has 0 aromatic carbocycles. The molecule has 0 saturated carbocycles. The molecule has 1 fully saturated rings. The molecule has 0 amide bonds. The van der Waals surface area contributed by atoms with Crippen LogP contribution in [0.4, 0.5) is 0 Å². The van der Waals surface area contributed by atoms with Crippen LogP contribution < -0.4 is 5.32 Å². The van der Waals surface area contributed by atoms with Crippen LogP contribution in [-0.2, 0) is 0 Å². The second-order valence-corrected chi connectivity index (χ2v) is 4.51. The molecular weight excluding hydrogens is 176 g/mol. The van der Waals surface area contributed by atoms with Crippen LogP contribution in [0.3, 0.4) is 0 Å². The van der Waals surface area contributed by atoms with Gasteiger partial charge in [0.15, 0.2) is 0 Å². The minimum atomic E-state index is 0.292.